The number of aromatic nitrogens is 2. The van der Waals surface area contributed by atoms with Crippen LogP contribution in [0, 0.1) is 6.92 Å². The number of aromatic amines is 1. The number of hydrogen-bond acceptors (Lipinski definition) is 4. The molecule has 1 aromatic heterocycles. The average molecular weight is 343 g/mol. The van der Waals surface area contributed by atoms with Gasteiger partial charge in [0.2, 0.25) is 5.91 Å². The second-order valence-corrected chi connectivity index (χ2v) is 7.05. The number of benzene rings is 1. The highest BCUT2D eigenvalue weighted by Gasteiger charge is 2.29. The number of carbonyl (C=O) groups excluding carboxylic acids is 1. The van der Waals surface area contributed by atoms with E-state index in [-0.39, 0.29) is 18.1 Å². The zero-order chi connectivity index (χ0) is 17.2. The van der Waals surface area contributed by atoms with Crippen LogP contribution >= 0.6 is 0 Å². The number of carbonyl (C=O) groups is 1. The maximum atomic E-state index is 12.6. The molecule has 2 fully saturated rings. The Morgan fingerprint density at radius 2 is 2.16 bits per heavy atom. The first kappa shape index (κ1) is 16.5. The van der Waals surface area contributed by atoms with Gasteiger partial charge in [-0.25, -0.2) is 4.98 Å². The van der Waals surface area contributed by atoms with Gasteiger partial charge in [0.25, 0.3) is 0 Å². The van der Waals surface area contributed by atoms with Crippen LogP contribution in [-0.2, 0) is 14.3 Å². The van der Waals surface area contributed by atoms with Crippen molar-refractivity contribution in [3.63, 3.8) is 0 Å². The molecule has 2 saturated heterocycles. The molecule has 0 unspecified atom stereocenters. The highest BCUT2D eigenvalue weighted by Crippen LogP contribution is 2.27. The Morgan fingerprint density at radius 1 is 1.32 bits per heavy atom. The lowest BCUT2D eigenvalue weighted by Gasteiger charge is -2.33. The van der Waals surface area contributed by atoms with E-state index in [1.54, 1.807) is 0 Å². The van der Waals surface area contributed by atoms with Crippen LogP contribution in [0.1, 0.15) is 43.0 Å². The molecule has 1 atom stereocenters. The highest BCUT2D eigenvalue weighted by atomic mass is 16.7. The summed E-state index contributed by atoms with van der Waals surface area (Å²) in [5.74, 6) is 1.37. The first-order valence-electron chi connectivity index (χ1n) is 9.16. The van der Waals surface area contributed by atoms with Gasteiger partial charge in [-0.05, 0) is 43.9 Å². The number of amides is 1. The molecule has 0 spiro atoms. The molecule has 2 aliphatic heterocycles. The van der Waals surface area contributed by atoms with Crippen LogP contribution < -0.4 is 0 Å². The molecule has 2 aliphatic rings. The summed E-state index contributed by atoms with van der Waals surface area (Å²) in [6.45, 7) is 4.96. The van der Waals surface area contributed by atoms with Gasteiger partial charge in [0, 0.05) is 19.0 Å². The fourth-order valence-electron chi connectivity index (χ4n) is 3.69. The molecule has 0 saturated carbocycles. The summed E-state index contributed by atoms with van der Waals surface area (Å²) in [4.78, 5) is 22.7. The Kier molecular flexibility index (Phi) is 4.72. The van der Waals surface area contributed by atoms with Gasteiger partial charge in [0.05, 0.1) is 30.7 Å². The fraction of sp³-hybridized carbons (Fsp3) is 0.579. The maximum absolute atomic E-state index is 12.6. The predicted octanol–water partition coefficient (Wildman–Crippen LogP) is 2.73. The van der Waals surface area contributed by atoms with Crippen molar-refractivity contribution in [3.8, 4) is 0 Å². The van der Waals surface area contributed by atoms with E-state index in [2.05, 4.69) is 24.0 Å². The van der Waals surface area contributed by atoms with Crippen LogP contribution in [0.5, 0.6) is 0 Å². The van der Waals surface area contributed by atoms with Gasteiger partial charge in [0.1, 0.15) is 5.82 Å². The Morgan fingerprint density at radius 3 is 3.00 bits per heavy atom. The first-order valence-corrected chi connectivity index (χ1v) is 9.16. The molecule has 1 N–H and O–H groups in total. The molecule has 0 radical (unpaired) electrons. The lowest BCUT2D eigenvalue weighted by molar-refractivity contribution is -0.187. The molecular weight excluding hydrogens is 318 g/mol. The molecule has 1 amide bonds. The van der Waals surface area contributed by atoms with E-state index in [4.69, 9.17) is 14.5 Å². The summed E-state index contributed by atoms with van der Waals surface area (Å²) in [5.41, 5.74) is 3.28. The highest BCUT2D eigenvalue weighted by molar-refractivity contribution is 5.77. The Bertz CT molecular complexity index is 751. The Hall–Kier alpha value is -1.92. The smallest absolute Gasteiger partial charge is 0.227 e. The van der Waals surface area contributed by atoms with Gasteiger partial charge in [-0.15, -0.1) is 0 Å². The van der Waals surface area contributed by atoms with Gasteiger partial charge in [-0.2, -0.15) is 0 Å². The number of likely N-dealkylation sites (tertiary alicyclic amines) is 1. The van der Waals surface area contributed by atoms with Crippen molar-refractivity contribution in [3.05, 3.63) is 29.6 Å². The zero-order valence-corrected chi connectivity index (χ0v) is 14.7. The van der Waals surface area contributed by atoms with Crippen LogP contribution in [0.2, 0.25) is 0 Å². The SMILES string of the molecule is Cc1ccc2nc([C@H]3CCCN(C(=O)CC4OCCCO4)C3)[nH]c2c1. The standard InChI is InChI=1S/C19H25N3O3/c1-13-5-6-15-16(10-13)21-19(20-15)14-4-2-7-22(12-14)17(23)11-18-24-8-3-9-25-18/h5-6,10,14,18H,2-4,7-9,11-12H2,1H3,(H,20,21)/t14-/m0/s1. The van der Waals surface area contributed by atoms with Crippen molar-refractivity contribution in [2.75, 3.05) is 26.3 Å². The Balaban J connectivity index is 1.43. The summed E-state index contributed by atoms with van der Waals surface area (Å²) in [6, 6.07) is 6.25. The minimum Gasteiger partial charge on any atom is -0.352 e. The third-order valence-corrected chi connectivity index (χ3v) is 5.05. The van der Waals surface area contributed by atoms with Crippen molar-refractivity contribution in [2.24, 2.45) is 0 Å². The molecule has 0 aliphatic carbocycles. The van der Waals surface area contributed by atoms with Crippen LogP contribution in [-0.4, -0.2) is 53.4 Å². The molecule has 0 bridgehead atoms. The van der Waals surface area contributed by atoms with E-state index in [0.29, 0.717) is 26.2 Å². The van der Waals surface area contributed by atoms with Gasteiger partial charge < -0.3 is 19.4 Å². The van der Waals surface area contributed by atoms with E-state index >= 15 is 0 Å². The molecule has 3 heterocycles. The normalized spacial score (nSPS) is 22.4. The van der Waals surface area contributed by atoms with Gasteiger partial charge >= 0.3 is 0 Å². The maximum Gasteiger partial charge on any atom is 0.227 e. The summed E-state index contributed by atoms with van der Waals surface area (Å²) in [6.07, 6.45) is 2.89. The third kappa shape index (κ3) is 3.70. The zero-order valence-electron chi connectivity index (χ0n) is 14.7. The minimum absolute atomic E-state index is 0.114. The van der Waals surface area contributed by atoms with Crippen LogP contribution in [0.25, 0.3) is 11.0 Å². The van der Waals surface area contributed by atoms with Gasteiger partial charge in [-0.1, -0.05) is 6.07 Å². The molecule has 6 heteroatoms. The van der Waals surface area contributed by atoms with Crippen LogP contribution in [0.3, 0.4) is 0 Å². The molecule has 4 rings (SSSR count). The summed E-state index contributed by atoms with van der Waals surface area (Å²) >= 11 is 0. The predicted molar refractivity (Wildman–Crippen MR) is 94.3 cm³/mol. The minimum atomic E-state index is -0.379. The van der Waals surface area contributed by atoms with E-state index in [1.807, 2.05) is 11.0 Å². The number of piperidine rings is 1. The van der Waals surface area contributed by atoms with Crippen LogP contribution in [0.4, 0.5) is 0 Å². The largest absolute Gasteiger partial charge is 0.352 e. The number of rotatable bonds is 3. The van der Waals surface area contributed by atoms with Crippen molar-refractivity contribution >= 4 is 16.9 Å². The van der Waals surface area contributed by atoms with Crippen molar-refractivity contribution < 1.29 is 14.3 Å². The number of hydrogen-bond donors (Lipinski definition) is 1. The second kappa shape index (κ2) is 7.14. The molecule has 25 heavy (non-hydrogen) atoms. The summed E-state index contributed by atoms with van der Waals surface area (Å²) in [7, 11) is 0. The van der Waals surface area contributed by atoms with E-state index in [9.17, 15) is 4.79 Å². The molecule has 2 aromatic rings. The lowest BCUT2D eigenvalue weighted by atomic mass is 9.97. The number of ether oxygens (including phenoxy) is 2. The van der Waals surface area contributed by atoms with Crippen LogP contribution in [0.15, 0.2) is 18.2 Å². The number of H-pyrrole nitrogens is 1. The number of imidazole rings is 1. The number of nitrogens with one attached hydrogen (secondary N) is 1. The van der Waals surface area contributed by atoms with Gasteiger partial charge in [0.15, 0.2) is 6.29 Å². The topological polar surface area (TPSA) is 67.5 Å². The number of nitrogens with zero attached hydrogens (tertiary/aromatic N) is 2. The molecule has 1 aromatic carbocycles. The van der Waals surface area contributed by atoms with Crippen molar-refractivity contribution in [1.82, 2.24) is 14.9 Å². The summed E-state index contributed by atoms with van der Waals surface area (Å²) < 4.78 is 11.0. The number of aryl methyl sites for hydroxylation is 1. The molecular formula is C19H25N3O3. The lowest BCUT2D eigenvalue weighted by Crippen LogP contribution is -2.41. The average Bonchev–Trinajstić information content (AvgIpc) is 3.06. The Labute approximate surface area is 147 Å². The number of fused-ring (bicyclic) bond motifs is 1. The van der Waals surface area contributed by atoms with Crippen molar-refractivity contribution in [2.45, 2.75) is 44.8 Å². The first-order chi connectivity index (χ1) is 12.2. The van der Waals surface area contributed by atoms with E-state index in [1.165, 1.54) is 5.56 Å². The third-order valence-electron chi connectivity index (χ3n) is 5.05. The molecule has 6 nitrogen and oxygen atoms in total. The van der Waals surface area contributed by atoms with Gasteiger partial charge in [-0.3, -0.25) is 4.79 Å². The van der Waals surface area contributed by atoms with E-state index in [0.717, 1.165) is 42.7 Å². The molecule has 134 valence electrons. The summed E-state index contributed by atoms with van der Waals surface area (Å²) in [5, 5.41) is 0. The second-order valence-electron chi connectivity index (χ2n) is 7.05. The fourth-order valence-corrected chi connectivity index (χ4v) is 3.69. The monoisotopic (exact) mass is 343 g/mol. The quantitative estimate of drug-likeness (QED) is 0.930. The van der Waals surface area contributed by atoms with Crippen molar-refractivity contribution in [1.29, 1.82) is 0 Å². The van der Waals surface area contributed by atoms with E-state index < -0.39 is 0 Å².